The molecule has 2 aliphatic heterocycles. The molecule has 3 aliphatic rings. The largest absolute Gasteiger partial charge is 0.416 e. The van der Waals surface area contributed by atoms with E-state index in [0.29, 0.717) is 40.9 Å². The van der Waals surface area contributed by atoms with E-state index in [2.05, 4.69) is 16.0 Å². The van der Waals surface area contributed by atoms with Gasteiger partial charge in [-0.05, 0) is 160 Å². The lowest BCUT2D eigenvalue weighted by Gasteiger charge is -2.41. The molecule has 6 aromatic rings. The van der Waals surface area contributed by atoms with Crippen LogP contribution < -0.4 is 21.7 Å². The molecular weight excluding hydrogens is 1030 g/mol. The van der Waals surface area contributed by atoms with Crippen molar-refractivity contribution in [3.63, 3.8) is 0 Å². The number of nitrogen functional groups attached to an aromatic ring is 1. The van der Waals surface area contributed by atoms with Crippen molar-refractivity contribution in [3.05, 3.63) is 189 Å². The Bertz CT molecular complexity index is 3590. The number of nitrogens with one attached hydrogen (secondary N) is 3. The summed E-state index contributed by atoms with van der Waals surface area (Å²) >= 11 is 0. The van der Waals surface area contributed by atoms with Gasteiger partial charge >= 0.3 is 12.4 Å². The molecule has 2 saturated heterocycles. The van der Waals surface area contributed by atoms with Crippen molar-refractivity contribution in [2.24, 2.45) is 11.8 Å². The first-order chi connectivity index (χ1) is 40.9. The molecule has 0 unspecified atom stereocenters. The Kier molecular flexibility index (Phi) is 14.1. The molecule has 6 aromatic carbocycles. The number of anilines is 4. The number of piperidine rings is 2. The highest BCUT2D eigenvalue weighted by molar-refractivity contribution is 5.99. The Hall–Kier alpha value is -7.76. The van der Waals surface area contributed by atoms with E-state index < -0.39 is 125 Å². The third-order valence-corrected chi connectivity index (χ3v) is 14.3. The highest BCUT2D eigenvalue weighted by Crippen LogP contribution is 2.42. The monoisotopic (exact) mass is 1100 g/mol. The van der Waals surface area contributed by atoms with Gasteiger partial charge in [-0.25, -0.2) is 8.78 Å². The van der Waals surface area contributed by atoms with E-state index in [1.54, 1.807) is 48.5 Å². The molecule has 5 N–H and O–H groups in total. The van der Waals surface area contributed by atoms with E-state index in [1.165, 1.54) is 60.9 Å². The SMILES string of the molecule is [2H]c1cc(C)c(C(=O)N2CCC[C@H](C(=O)Nc3ccc(C)c(C(F)(F)F)c3)[C@@H]2c2ccc(N)cc2)c(F)c1.[2H]c1cc(F)c(C(=O)N2CCC[C@H](C(=O)Nc3ccc(C)c(C(F)(F)F)c3)[C@@H]2c2ccc(NC3CC([2H])([2H])C([2H])([2H])C3)cc2)c(C([2H])([2H])[2H])c1. The van der Waals surface area contributed by atoms with Gasteiger partial charge in [-0.2, -0.15) is 26.3 Å². The molecule has 18 heteroatoms. The van der Waals surface area contributed by atoms with E-state index in [0.717, 1.165) is 30.3 Å². The molecule has 0 bridgehead atoms. The summed E-state index contributed by atoms with van der Waals surface area (Å²) in [5.41, 5.74) is 4.45. The van der Waals surface area contributed by atoms with Crippen molar-refractivity contribution in [1.82, 2.24) is 9.80 Å². The van der Waals surface area contributed by atoms with E-state index in [1.807, 2.05) is 0 Å². The Morgan fingerprint density at radius 3 is 1.42 bits per heavy atom. The molecule has 79 heavy (non-hydrogen) atoms. The first-order valence-electron chi connectivity index (χ1n) is 29.8. The van der Waals surface area contributed by atoms with Crippen LogP contribution in [-0.4, -0.2) is 52.6 Å². The van der Waals surface area contributed by atoms with E-state index in [9.17, 15) is 49.9 Å². The second-order valence-electron chi connectivity index (χ2n) is 19.8. The van der Waals surface area contributed by atoms with Crippen LogP contribution in [0.4, 0.5) is 57.9 Å². The zero-order valence-electron chi connectivity index (χ0n) is 52.1. The van der Waals surface area contributed by atoms with Gasteiger partial charge in [0, 0.05) is 51.5 Å². The van der Waals surface area contributed by atoms with Gasteiger partial charge in [0.2, 0.25) is 11.8 Å². The van der Waals surface area contributed by atoms with E-state index in [-0.39, 0.29) is 72.9 Å². The molecule has 1 saturated carbocycles. The summed E-state index contributed by atoms with van der Waals surface area (Å²) in [4.78, 5) is 57.8. The Morgan fingerprint density at radius 2 is 0.987 bits per heavy atom. The van der Waals surface area contributed by atoms with Crippen molar-refractivity contribution in [1.29, 1.82) is 0 Å². The Morgan fingerprint density at radius 1 is 0.570 bits per heavy atom. The van der Waals surface area contributed by atoms with Gasteiger partial charge in [0.15, 0.2) is 0 Å². The van der Waals surface area contributed by atoms with Crippen LogP contribution in [0, 0.1) is 51.1 Å². The number of aryl methyl sites for hydroxylation is 4. The van der Waals surface area contributed by atoms with Crippen LogP contribution in [0.5, 0.6) is 0 Å². The van der Waals surface area contributed by atoms with Gasteiger partial charge in [-0.1, -0.05) is 73.4 Å². The van der Waals surface area contributed by atoms with Crippen LogP contribution in [0.15, 0.2) is 121 Å². The number of nitrogens with two attached hydrogens (primary N) is 1. The summed E-state index contributed by atoms with van der Waals surface area (Å²) in [6.45, 7) is 1.41. The summed E-state index contributed by atoms with van der Waals surface area (Å²) in [6, 6.07) is 20.8. The molecule has 416 valence electrons. The third-order valence-electron chi connectivity index (χ3n) is 14.3. The molecule has 3 fully saturated rings. The molecule has 0 spiro atoms. The zero-order chi connectivity index (χ0) is 64.7. The highest BCUT2D eigenvalue weighted by atomic mass is 19.4. The minimum absolute atomic E-state index is 0.0136. The summed E-state index contributed by atoms with van der Waals surface area (Å²) < 4.78 is 183. The van der Waals surface area contributed by atoms with E-state index in [4.69, 9.17) is 18.1 Å². The summed E-state index contributed by atoms with van der Waals surface area (Å²) in [7, 11) is 0. The quantitative estimate of drug-likeness (QED) is 0.0797. The predicted molar refractivity (Wildman–Crippen MR) is 288 cm³/mol. The maximum Gasteiger partial charge on any atom is 0.416 e. The smallest absolute Gasteiger partial charge is 0.399 e. The van der Waals surface area contributed by atoms with Crippen molar-refractivity contribution >= 4 is 46.4 Å². The molecule has 9 rings (SSSR count). The molecular formula is C61H62F8N6O4. The zero-order valence-corrected chi connectivity index (χ0v) is 43.1. The van der Waals surface area contributed by atoms with Crippen LogP contribution in [0.1, 0.15) is 141 Å². The Labute approximate surface area is 466 Å². The maximum atomic E-state index is 15.4. The van der Waals surface area contributed by atoms with Gasteiger partial charge in [0.05, 0.1) is 48.9 Å². The van der Waals surface area contributed by atoms with Gasteiger partial charge in [-0.15, -0.1) is 0 Å². The average molecular weight is 1100 g/mol. The molecule has 0 radical (unpaired) electrons. The predicted octanol–water partition coefficient (Wildman–Crippen LogP) is 14.3. The Balaban J connectivity index is 0.000000237. The third kappa shape index (κ3) is 13.2. The number of benzene rings is 6. The van der Waals surface area contributed by atoms with Crippen LogP contribution in [-0.2, 0) is 21.9 Å². The van der Waals surface area contributed by atoms with Crippen LogP contribution in [0.3, 0.4) is 0 Å². The normalized spacial score (nSPS) is 21.9. The fraction of sp³-hybridized carbons (Fsp3) is 0.344. The van der Waals surface area contributed by atoms with Crippen LogP contribution in [0.2, 0.25) is 0 Å². The number of amides is 4. The first kappa shape index (κ1) is 46.2. The number of carbonyl (C=O) groups is 4. The van der Waals surface area contributed by atoms with Crippen molar-refractivity contribution in [2.45, 2.75) is 109 Å². The van der Waals surface area contributed by atoms with Crippen molar-refractivity contribution < 1.29 is 66.6 Å². The van der Waals surface area contributed by atoms with Gasteiger partial charge < -0.3 is 31.5 Å². The first-order valence-corrected chi connectivity index (χ1v) is 25.3. The number of nitrogens with zero attached hydrogens (tertiary/aromatic N) is 2. The second kappa shape index (κ2) is 24.1. The summed E-state index contributed by atoms with van der Waals surface area (Å²) in [5.74, 6) is -6.91. The van der Waals surface area contributed by atoms with E-state index >= 15 is 4.39 Å². The van der Waals surface area contributed by atoms with Gasteiger partial charge in [-0.3, -0.25) is 19.2 Å². The number of hydrogen-bond acceptors (Lipinski definition) is 6. The van der Waals surface area contributed by atoms with Crippen molar-refractivity contribution in [3.8, 4) is 0 Å². The fourth-order valence-electron chi connectivity index (χ4n) is 10.4. The lowest BCUT2D eigenvalue weighted by Crippen LogP contribution is -2.46. The maximum absolute atomic E-state index is 15.4. The number of halogens is 8. The van der Waals surface area contributed by atoms with Crippen LogP contribution >= 0.6 is 0 Å². The summed E-state index contributed by atoms with van der Waals surface area (Å²) in [6.07, 6.45) is -12.4. The molecule has 10 nitrogen and oxygen atoms in total. The molecule has 4 amide bonds. The number of alkyl halides is 6. The molecule has 4 atom stereocenters. The summed E-state index contributed by atoms with van der Waals surface area (Å²) in [5, 5.41) is 8.23. The molecule has 2 heterocycles. The topological polar surface area (TPSA) is 137 Å². The average Bonchev–Trinajstić information content (AvgIpc) is 0.965. The number of rotatable bonds is 10. The second-order valence-corrected chi connectivity index (χ2v) is 19.8. The number of carbonyl (C=O) groups excluding carboxylic acids is 4. The minimum Gasteiger partial charge on any atom is -0.399 e. The lowest BCUT2D eigenvalue weighted by molar-refractivity contribution is -0.138. The van der Waals surface area contributed by atoms with Crippen LogP contribution in [0.25, 0.3) is 0 Å². The lowest BCUT2D eigenvalue weighted by atomic mass is 9.83. The fourth-order valence-corrected chi connectivity index (χ4v) is 10.4. The molecule has 0 aromatic heterocycles. The number of likely N-dealkylation sites (tertiary alicyclic amines) is 2. The minimum atomic E-state index is -4.68. The number of hydrogen-bond donors (Lipinski definition) is 4. The highest BCUT2D eigenvalue weighted by Gasteiger charge is 2.43. The van der Waals surface area contributed by atoms with Gasteiger partial charge in [0.1, 0.15) is 11.6 Å². The van der Waals surface area contributed by atoms with Crippen molar-refractivity contribution in [2.75, 3.05) is 34.8 Å². The molecule has 1 aliphatic carbocycles. The standard InChI is InChI=1S/C33H35F4N3O2.C28H27F4N3O2/c1-20-12-15-25(19-27(20)33(35,36)37)39-31(41)26-10-6-18-40(32(42)29-21(2)7-5-11-28(29)34)30(26)22-13-16-24(17-14-22)38-23-8-3-4-9-23;1-16-8-13-20(15-22(16)28(30,31)32)34-26(36)21-6-4-14-35(25(21)18-9-11-19(33)12-10-18)27(37)24-17(2)5-3-7-23(24)29/h5,7,11-17,19,23,26,30,38H,3-4,6,8-10,18H2,1-2H3,(H,39,41);3,5,7-13,15,21,25H,4,6,14,33H2,1-2H3,(H,34,36)/t26-,30-;21-,25-/m00/s1/i2D3,3D2,4D2,5D;3D. The van der Waals surface area contributed by atoms with Gasteiger partial charge in [0.25, 0.3) is 11.8 Å².